The third-order valence-electron chi connectivity index (χ3n) is 6.65. The molecule has 1 amide bonds. The van der Waals surface area contributed by atoms with Crippen molar-refractivity contribution in [2.24, 2.45) is 5.92 Å². The van der Waals surface area contributed by atoms with E-state index in [1.807, 2.05) is 25.8 Å². The summed E-state index contributed by atoms with van der Waals surface area (Å²) in [5.41, 5.74) is -1.41. The van der Waals surface area contributed by atoms with E-state index in [4.69, 9.17) is 4.42 Å². The van der Waals surface area contributed by atoms with Crippen molar-refractivity contribution in [1.82, 2.24) is 30.2 Å². The molecular formula is C26H31F3N6O3. The predicted octanol–water partition coefficient (Wildman–Crippen LogP) is 4.56. The molecule has 38 heavy (non-hydrogen) atoms. The molecule has 12 heteroatoms. The lowest BCUT2D eigenvalue weighted by atomic mass is 9.88. The average Bonchev–Trinajstić information content (AvgIpc) is 3.55. The molecule has 4 rings (SSSR count). The maximum atomic E-state index is 13.5. The number of rotatable bonds is 9. The Morgan fingerprint density at radius 3 is 2.53 bits per heavy atom. The number of carbonyl (C=O) groups is 2. The molecule has 0 aliphatic carbocycles. The van der Waals surface area contributed by atoms with E-state index < -0.39 is 23.3 Å². The molecule has 9 nitrogen and oxygen atoms in total. The number of nitrogens with zero attached hydrogens (tertiary/aromatic N) is 5. The number of para-hydroxylation sites is 1. The van der Waals surface area contributed by atoms with Gasteiger partial charge in [0.1, 0.15) is 5.78 Å². The lowest BCUT2D eigenvalue weighted by Crippen LogP contribution is -2.38. The van der Waals surface area contributed by atoms with E-state index in [1.54, 1.807) is 30.3 Å². The highest BCUT2D eigenvalue weighted by molar-refractivity contribution is 5.95. The SMILES string of the molecule is CC(C)c1nnc(C2CC[C@H](C(=O)CCCNC(=O)c3cn(-c4ccccc4)nc3C(F)(F)F)CN2C)o1. The Kier molecular flexibility index (Phi) is 8.29. The molecule has 2 aromatic heterocycles. The molecule has 1 aliphatic heterocycles. The summed E-state index contributed by atoms with van der Waals surface area (Å²) >= 11 is 0. The van der Waals surface area contributed by atoms with Crippen LogP contribution in [0.25, 0.3) is 5.69 Å². The van der Waals surface area contributed by atoms with E-state index >= 15 is 0 Å². The van der Waals surface area contributed by atoms with Crippen molar-refractivity contribution in [2.45, 2.75) is 57.7 Å². The molecule has 0 radical (unpaired) electrons. The molecule has 1 unspecified atom stereocenters. The average molecular weight is 533 g/mol. The van der Waals surface area contributed by atoms with Crippen LogP contribution in [-0.2, 0) is 11.0 Å². The van der Waals surface area contributed by atoms with Crippen LogP contribution in [0.4, 0.5) is 13.2 Å². The first-order chi connectivity index (χ1) is 18.0. The maximum Gasteiger partial charge on any atom is 0.435 e. The van der Waals surface area contributed by atoms with Gasteiger partial charge < -0.3 is 9.73 Å². The van der Waals surface area contributed by atoms with Crippen LogP contribution < -0.4 is 5.32 Å². The van der Waals surface area contributed by atoms with Gasteiger partial charge in [0, 0.05) is 37.5 Å². The molecule has 1 aromatic carbocycles. The molecule has 204 valence electrons. The molecule has 1 fully saturated rings. The van der Waals surface area contributed by atoms with Gasteiger partial charge in [-0.1, -0.05) is 32.0 Å². The van der Waals surface area contributed by atoms with Crippen LogP contribution >= 0.6 is 0 Å². The van der Waals surface area contributed by atoms with E-state index in [0.717, 1.165) is 10.9 Å². The maximum absolute atomic E-state index is 13.5. The summed E-state index contributed by atoms with van der Waals surface area (Å²) in [4.78, 5) is 27.4. The third-order valence-corrected chi connectivity index (χ3v) is 6.65. The Labute approximate surface area is 218 Å². The summed E-state index contributed by atoms with van der Waals surface area (Å²) in [6.07, 6.45) is -1.80. The first-order valence-electron chi connectivity index (χ1n) is 12.6. The van der Waals surface area contributed by atoms with Crippen molar-refractivity contribution >= 4 is 11.7 Å². The van der Waals surface area contributed by atoms with E-state index in [-0.39, 0.29) is 36.6 Å². The van der Waals surface area contributed by atoms with Gasteiger partial charge in [-0.2, -0.15) is 18.3 Å². The quantitative estimate of drug-likeness (QED) is 0.403. The van der Waals surface area contributed by atoms with Crippen LogP contribution in [0.15, 0.2) is 40.9 Å². The highest BCUT2D eigenvalue weighted by atomic mass is 19.4. The number of halogens is 3. The number of amides is 1. The minimum Gasteiger partial charge on any atom is -0.423 e. The topological polar surface area (TPSA) is 106 Å². The summed E-state index contributed by atoms with van der Waals surface area (Å²) < 4.78 is 47.4. The first-order valence-corrected chi connectivity index (χ1v) is 12.6. The number of hydrogen-bond donors (Lipinski definition) is 1. The van der Waals surface area contributed by atoms with Gasteiger partial charge in [0.25, 0.3) is 5.91 Å². The fourth-order valence-corrected chi connectivity index (χ4v) is 4.56. The number of hydrogen-bond acceptors (Lipinski definition) is 7. The van der Waals surface area contributed by atoms with Crippen LogP contribution in [0.5, 0.6) is 0 Å². The highest BCUT2D eigenvalue weighted by Crippen LogP contribution is 2.33. The van der Waals surface area contributed by atoms with Gasteiger partial charge in [-0.05, 0) is 38.4 Å². The van der Waals surface area contributed by atoms with Gasteiger partial charge in [-0.25, -0.2) is 4.68 Å². The molecule has 3 aromatic rings. The monoisotopic (exact) mass is 532 g/mol. The number of piperidine rings is 1. The summed E-state index contributed by atoms with van der Waals surface area (Å²) in [6, 6.07) is 8.20. The Balaban J connectivity index is 1.28. The molecular weight excluding hydrogens is 501 g/mol. The molecule has 0 bridgehead atoms. The highest BCUT2D eigenvalue weighted by Gasteiger charge is 2.39. The van der Waals surface area contributed by atoms with Crippen LogP contribution in [0.2, 0.25) is 0 Å². The molecule has 1 N–H and O–H groups in total. The second-order valence-corrected chi connectivity index (χ2v) is 9.86. The van der Waals surface area contributed by atoms with Crippen LogP contribution in [-0.4, -0.2) is 56.7 Å². The van der Waals surface area contributed by atoms with Gasteiger partial charge in [0.05, 0.1) is 17.3 Å². The van der Waals surface area contributed by atoms with Gasteiger partial charge >= 0.3 is 6.18 Å². The first kappa shape index (κ1) is 27.5. The number of likely N-dealkylation sites (tertiary alicyclic amines) is 1. The van der Waals surface area contributed by atoms with E-state index in [2.05, 4.69) is 20.6 Å². The van der Waals surface area contributed by atoms with Crippen molar-refractivity contribution in [1.29, 1.82) is 0 Å². The Hall–Kier alpha value is -3.54. The number of carbonyl (C=O) groups excluding carboxylic acids is 2. The van der Waals surface area contributed by atoms with E-state index in [9.17, 15) is 22.8 Å². The Bertz CT molecular complexity index is 1250. The molecule has 0 saturated carbocycles. The summed E-state index contributed by atoms with van der Waals surface area (Å²) in [5, 5.41) is 14.3. The number of nitrogens with one attached hydrogen (secondary N) is 1. The summed E-state index contributed by atoms with van der Waals surface area (Å²) in [6.45, 7) is 4.57. The number of ketones is 1. The minimum absolute atomic E-state index is 0.0435. The van der Waals surface area contributed by atoms with Crippen LogP contribution in [0.3, 0.4) is 0 Å². The van der Waals surface area contributed by atoms with Gasteiger partial charge in [-0.3, -0.25) is 14.5 Å². The zero-order chi connectivity index (χ0) is 27.4. The minimum atomic E-state index is -4.79. The molecule has 2 atom stereocenters. The number of Topliss-reactive ketones (excluding diaryl/α,β-unsaturated/α-hetero) is 1. The van der Waals surface area contributed by atoms with Crippen LogP contribution in [0, 0.1) is 5.92 Å². The molecule has 1 aliphatic rings. The second-order valence-electron chi connectivity index (χ2n) is 9.86. The predicted molar refractivity (Wildman–Crippen MR) is 132 cm³/mol. The van der Waals surface area contributed by atoms with E-state index in [0.29, 0.717) is 43.3 Å². The Morgan fingerprint density at radius 2 is 1.89 bits per heavy atom. The third kappa shape index (κ3) is 6.29. The standard InChI is InChI=1S/C26H31F3N6O3/c1-16(2)24-31-32-25(38-24)20-12-11-17(14-34(20)3)21(36)10-7-13-30-23(37)19-15-35(18-8-5-4-6-9-18)33-22(19)26(27,28)29/h4-6,8-9,15-17,20H,7,10-14H2,1-3H3,(H,30,37)/t17-,20?/m0/s1. The van der Waals surface area contributed by atoms with Gasteiger partial charge in [-0.15, -0.1) is 10.2 Å². The zero-order valence-electron chi connectivity index (χ0n) is 21.5. The lowest BCUT2D eigenvalue weighted by Gasteiger charge is -2.34. The van der Waals surface area contributed by atoms with Crippen molar-refractivity contribution < 1.29 is 27.2 Å². The fraction of sp³-hybridized carbons (Fsp3) is 0.500. The fourth-order valence-electron chi connectivity index (χ4n) is 4.56. The molecule has 3 heterocycles. The van der Waals surface area contributed by atoms with Crippen molar-refractivity contribution in [3.8, 4) is 5.69 Å². The van der Waals surface area contributed by atoms with Crippen molar-refractivity contribution in [2.75, 3.05) is 20.1 Å². The Morgan fingerprint density at radius 1 is 1.16 bits per heavy atom. The van der Waals surface area contributed by atoms with Crippen LogP contribution in [0.1, 0.15) is 79.3 Å². The normalized spacial score (nSPS) is 18.6. The number of alkyl halides is 3. The van der Waals surface area contributed by atoms with E-state index in [1.165, 1.54) is 0 Å². The summed E-state index contributed by atoms with van der Waals surface area (Å²) in [7, 11) is 1.91. The lowest BCUT2D eigenvalue weighted by molar-refractivity contribution is -0.141. The molecule has 0 spiro atoms. The van der Waals surface area contributed by atoms with Crippen molar-refractivity contribution in [3.05, 3.63) is 59.6 Å². The zero-order valence-corrected chi connectivity index (χ0v) is 21.5. The van der Waals surface area contributed by atoms with Gasteiger partial charge in [0.2, 0.25) is 11.8 Å². The smallest absolute Gasteiger partial charge is 0.423 e. The van der Waals surface area contributed by atoms with Gasteiger partial charge in [0.15, 0.2) is 5.69 Å². The summed E-state index contributed by atoms with van der Waals surface area (Å²) in [5.74, 6) is 0.292. The number of aromatic nitrogens is 4. The molecule has 1 saturated heterocycles. The largest absolute Gasteiger partial charge is 0.435 e. The van der Waals surface area contributed by atoms with Crippen molar-refractivity contribution in [3.63, 3.8) is 0 Å². The second kappa shape index (κ2) is 11.5. The number of benzene rings is 1.